The van der Waals surface area contributed by atoms with E-state index in [0.29, 0.717) is 6.61 Å². The Morgan fingerprint density at radius 1 is 1.62 bits per heavy atom. The molecule has 2 heterocycles. The van der Waals surface area contributed by atoms with E-state index in [1.165, 1.54) is 0 Å². The van der Waals surface area contributed by atoms with Crippen molar-refractivity contribution >= 4 is 5.97 Å². The van der Waals surface area contributed by atoms with Crippen molar-refractivity contribution in [2.24, 2.45) is 5.41 Å². The SMILES string of the molecule is CCOC(=O)C12CC(CO)(CN1)C2. The zero-order valence-electron chi connectivity index (χ0n) is 7.80. The number of aliphatic hydroxyl groups excluding tert-OH is 1. The normalized spacial score (nSPS) is 41.4. The van der Waals surface area contributed by atoms with E-state index >= 15 is 0 Å². The number of esters is 1. The smallest absolute Gasteiger partial charge is 0.326 e. The molecule has 0 aromatic rings. The standard InChI is InChI=1S/C9H15NO3/c1-2-13-7(12)9-3-8(4-9,6-11)5-10-9/h10-11H,2-6H2,1H3. The molecular weight excluding hydrogens is 170 g/mol. The molecule has 2 bridgehead atoms. The van der Waals surface area contributed by atoms with Crippen molar-refractivity contribution in [2.75, 3.05) is 19.8 Å². The molecule has 0 spiro atoms. The van der Waals surface area contributed by atoms with Gasteiger partial charge in [0.2, 0.25) is 0 Å². The molecule has 4 heteroatoms. The molecule has 1 aliphatic carbocycles. The number of ether oxygens (including phenoxy) is 1. The van der Waals surface area contributed by atoms with Gasteiger partial charge in [-0.25, -0.2) is 0 Å². The number of carbonyl (C=O) groups excluding carboxylic acids is 1. The Hall–Kier alpha value is -0.610. The monoisotopic (exact) mass is 185 g/mol. The first-order valence-electron chi connectivity index (χ1n) is 4.70. The summed E-state index contributed by atoms with van der Waals surface area (Å²) >= 11 is 0. The maximum Gasteiger partial charge on any atom is 0.326 e. The molecule has 3 aliphatic rings. The molecule has 2 N–H and O–H groups in total. The summed E-state index contributed by atoms with van der Waals surface area (Å²) in [6.07, 6.45) is 1.46. The van der Waals surface area contributed by atoms with Crippen molar-refractivity contribution in [3.8, 4) is 0 Å². The van der Waals surface area contributed by atoms with Gasteiger partial charge >= 0.3 is 5.97 Å². The highest BCUT2D eigenvalue weighted by atomic mass is 16.5. The van der Waals surface area contributed by atoms with Gasteiger partial charge in [0.25, 0.3) is 0 Å². The molecule has 0 atom stereocenters. The molecule has 13 heavy (non-hydrogen) atoms. The predicted molar refractivity (Wildman–Crippen MR) is 46.1 cm³/mol. The van der Waals surface area contributed by atoms with Crippen LogP contribution < -0.4 is 5.32 Å². The molecule has 0 radical (unpaired) electrons. The predicted octanol–water partition coefficient (Wildman–Crippen LogP) is -0.336. The summed E-state index contributed by atoms with van der Waals surface area (Å²) in [5.41, 5.74) is -0.495. The summed E-state index contributed by atoms with van der Waals surface area (Å²) in [5, 5.41) is 12.2. The van der Waals surface area contributed by atoms with Crippen molar-refractivity contribution < 1.29 is 14.6 Å². The fourth-order valence-corrected chi connectivity index (χ4v) is 2.49. The lowest BCUT2D eigenvalue weighted by Gasteiger charge is -2.42. The summed E-state index contributed by atoms with van der Waals surface area (Å²) in [7, 11) is 0. The maximum atomic E-state index is 11.5. The van der Waals surface area contributed by atoms with E-state index in [0.717, 1.165) is 19.4 Å². The van der Waals surface area contributed by atoms with Crippen LogP contribution >= 0.6 is 0 Å². The Kier molecular flexibility index (Phi) is 1.85. The number of rotatable bonds is 3. The number of aliphatic hydroxyl groups is 1. The Bertz CT molecular complexity index is 233. The Morgan fingerprint density at radius 2 is 2.31 bits per heavy atom. The molecule has 1 saturated carbocycles. The van der Waals surface area contributed by atoms with E-state index in [2.05, 4.69) is 5.32 Å². The van der Waals surface area contributed by atoms with Crippen LogP contribution in [0, 0.1) is 5.41 Å². The van der Waals surface area contributed by atoms with E-state index in [4.69, 9.17) is 9.84 Å². The van der Waals surface area contributed by atoms with Gasteiger partial charge in [-0.15, -0.1) is 0 Å². The van der Waals surface area contributed by atoms with Crippen molar-refractivity contribution in [3.63, 3.8) is 0 Å². The number of fused-ring (bicyclic) bond motifs is 1. The topological polar surface area (TPSA) is 58.6 Å². The molecule has 3 rings (SSSR count). The second-order valence-corrected chi connectivity index (χ2v) is 4.17. The number of hydrogen-bond acceptors (Lipinski definition) is 4. The van der Waals surface area contributed by atoms with Crippen LogP contribution in [-0.2, 0) is 9.53 Å². The molecule has 0 aromatic carbocycles. The van der Waals surface area contributed by atoms with Crippen LogP contribution in [0.5, 0.6) is 0 Å². The second-order valence-electron chi connectivity index (χ2n) is 4.17. The van der Waals surface area contributed by atoms with Crippen molar-refractivity contribution in [1.82, 2.24) is 5.32 Å². The molecule has 74 valence electrons. The lowest BCUT2D eigenvalue weighted by Crippen LogP contribution is -2.55. The quantitative estimate of drug-likeness (QED) is 0.591. The van der Waals surface area contributed by atoms with Crippen molar-refractivity contribution in [3.05, 3.63) is 0 Å². The summed E-state index contributed by atoms with van der Waals surface area (Å²) in [4.78, 5) is 11.5. The first-order valence-corrected chi connectivity index (χ1v) is 4.70. The van der Waals surface area contributed by atoms with Crippen LogP contribution in [0.25, 0.3) is 0 Å². The van der Waals surface area contributed by atoms with Crippen LogP contribution in [0.15, 0.2) is 0 Å². The average Bonchev–Trinajstić information content (AvgIpc) is 2.59. The molecule has 2 saturated heterocycles. The number of carbonyl (C=O) groups is 1. The fraction of sp³-hybridized carbons (Fsp3) is 0.889. The van der Waals surface area contributed by atoms with E-state index in [9.17, 15) is 4.79 Å². The van der Waals surface area contributed by atoms with Gasteiger partial charge in [-0.1, -0.05) is 0 Å². The Balaban J connectivity index is 2.01. The van der Waals surface area contributed by atoms with E-state index < -0.39 is 5.54 Å². The van der Waals surface area contributed by atoms with Crippen LogP contribution in [0.1, 0.15) is 19.8 Å². The largest absolute Gasteiger partial charge is 0.465 e. The zero-order valence-corrected chi connectivity index (χ0v) is 7.80. The molecule has 0 amide bonds. The third-order valence-corrected chi connectivity index (χ3v) is 3.16. The third kappa shape index (κ3) is 1.09. The van der Waals surface area contributed by atoms with Gasteiger partial charge in [-0.05, 0) is 19.8 Å². The highest BCUT2D eigenvalue weighted by Gasteiger charge is 2.65. The minimum absolute atomic E-state index is 0.0350. The van der Waals surface area contributed by atoms with E-state index in [1.54, 1.807) is 6.92 Å². The molecule has 0 unspecified atom stereocenters. The lowest BCUT2D eigenvalue weighted by atomic mass is 9.62. The van der Waals surface area contributed by atoms with Crippen LogP contribution in [-0.4, -0.2) is 36.4 Å². The van der Waals surface area contributed by atoms with Gasteiger partial charge in [-0.3, -0.25) is 4.79 Å². The van der Waals surface area contributed by atoms with Crippen molar-refractivity contribution in [1.29, 1.82) is 0 Å². The van der Waals surface area contributed by atoms with Crippen LogP contribution in [0.3, 0.4) is 0 Å². The average molecular weight is 185 g/mol. The van der Waals surface area contributed by atoms with Gasteiger partial charge in [0.15, 0.2) is 0 Å². The molecule has 0 aromatic heterocycles. The summed E-state index contributed by atoms with van der Waals surface area (Å²) < 4.78 is 4.97. The van der Waals surface area contributed by atoms with Gasteiger partial charge in [0, 0.05) is 12.0 Å². The van der Waals surface area contributed by atoms with Gasteiger partial charge in [0.05, 0.1) is 13.2 Å². The van der Waals surface area contributed by atoms with Gasteiger partial charge < -0.3 is 15.2 Å². The summed E-state index contributed by atoms with van der Waals surface area (Å²) in [5.74, 6) is -0.156. The van der Waals surface area contributed by atoms with Crippen LogP contribution in [0.4, 0.5) is 0 Å². The molecule has 3 fully saturated rings. The Morgan fingerprint density at radius 3 is 2.77 bits per heavy atom. The van der Waals surface area contributed by atoms with E-state index in [-0.39, 0.29) is 18.0 Å². The summed E-state index contributed by atoms with van der Waals surface area (Å²) in [6.45, 7) is 3.14. The highest BCUT2D eigenvalue weighted by molar-refractivity contribution is 5.83. The minimum Gasteiger partial charge on any atom is -0.465 e. The second kappa shape index (κ2) is 2.69. The molecule has 4 nitrogen and oxygen atoms in total. The fourth-order valence-electron chi connectivity index (χ4n) is 2.49. The van der Waals surface area contributed by atoms with Crippen LogP contribution in [0.2, 0.25) is 0 Å². The molecular formula is C9H15NO3. The third-order valence-electron chi connectivity index (χ3n) is 3.16. The van der Waals surface area contributed by atoms with Crippen molar-refractivity contribution in [2.45, 2.75) is 25.3 Å². The summed E-state index contributed by atoms with van der Waals surface area (Å²) in [6, 6.07) is 0. The minimum atomic E-state index is -0.460. The number of nitrogens with one attached hydrogen (secondary N) is 1. The van der Waals surface area contributed by atoms with Gasteiger partial charge in [0.1, 0.15) is 5.54 Å². The van der Waals surface area contributed by atoms with Gasteiger partial charge in [-0.2, -0.15) is 0 Å². The first kappa shape index (κ1) is 8.97. The lowest BCUT2D eigenvalue weighted by molar-refractivity contribution is -0.156. The Labute approximate surface area is 77.3 Å². The first-order chi connectivity index (χ1) is 6.16. The van der Waals surface area contributed by atoms with E-state index in [1.807, 2.05) is 0 Å². The maximum absolute atomic E-state index is 11.5. The zero-order chi connectivity index (χ0) is 9.53. The molecule has 2 aliphatic heterocycles. The number of hydrogen-bond donors (Lipinski definition) is 2. The highest BCUT2D eigenvalue weighted by Crippen LogP contribution is 2.53.